The number of hydrogen-bond acceptors (Lipinski definition) is 3. The molecule has 1 N–H and O–H groups in total. The predicted octanol–water partition coefficient (Wildman–Crippen LogP) is 5.84. The Bertz CT molecular complexity index is 1210. The summed E-state index contributed by atoms with van der Waals surface area (Å²) in [4.78, 5) is 27.3. The molecular weight excluding hydrogens is 426 g/mol. The highest BCUT2D eigenvalue weighted by molar-refractivity contribution is 6.46. The van der Waals surface area contributed by atoms with Gasteiger partial charge < -0.3 is 5.32 Å². The SMILES string of the molecule is Cc1ccc(NC2=C(c3ccc(Cl)cc3)C(=O)N(c3ccccc3F)C2=O)cc1Cl. The first-order valence-corrected chi connectivity index (χ1v) is 9.79. The lowest BCUT2D eigenvalue weighted by atomic mass is 10.0. The first-order chi connectivity index (χ1) is 14.4. The van der Waals surface area contributed by atoms with Crippen molar-refractivity contribution < 1.29 is 14.0 Å². The van der Waals surface area contributed by atoms with Gasteiger partial charge in [-0.1, -0.05) is 53.5 Å². The highest BCUT2D eigenvalue weighted by atomic mass is 35.5. The molecular formula is C23H15Cl2FN2O2. The zero-order chi connectivity index (χ0) is 21.4. The van der Waals surface area contributed by atoms with Crippen LogP contribution in [0.25, 0.3) is 5.57 Å². The molecule has 150 valence electrons. The molecule has 2 amide bonds. The summed E-state index contributed by atoms with van der Waals surface area (Å²) in [6, 6.07) is 17.3. The van der Waals surface area contributed by atoms with Crippen LogP contribution in [0.4, 0.5) is 15.8 Å². The lowest BCUT2D eigenvalue weighted by molar-refractivity contribution is -0.120. The van der Waals surface area contributed by atoms with E-state index in [0.717, 1.165) is 10.5 Å². The van der Waals surface area contributed by atoms with Crippen LogP contribution in [0.2, 0.25) is 10.0 Å². The van der Waals surface area contributed by atoms with Crippen LogP contribution >= 0.6 is 23.2 Å². The van der Waals surface area contributed by atoms with Crippen molar-refractivity contribution in [3.05, 3.63) is 99.4 Å². The van der Waals surface area contributed by atoms with Gasteiger partial charge in [0.05, 0.1) is 11.3 Å². The van der Waals surface area contributed by atoms with Crippen molar-refractivity contribution in [2.45, 2.75) is 6.92 Å². The minimum atomic E-state index is -0.672. The maximum Gasteiger partial charge on any atom is 0.282 e. The number of imide groups is 1. The van der Waals surface area contributed by atoms with Crippen molar-refractivity contribution in [2.75, 3.05) is 10.2 Å². The van der Waals surface area contributed by atoms with Crippen LogP contribution in [0.1, 0.15) is 11.1 Å². The Kier molecular flexibility index (Phi) is 5.33. The number of amides is 2. The third-order valence-electron chi connectivity index (χ3n) is 4.75. The third-order valence-corrected chi connectivity index (χ3v) is 5.41. The Labute approximate surface area is 182 Å². The highest BCUT2D eigenvalue weighted by Gasteiger charge is 2.41. The summed E-state index contributed by atoms with van der Waals surface area (Å²) in [5, 5.41) is 4.00. The van der Waals surface area contributed by atoms with Crippen LogP contribution in [0.5, 0.6) is 0 Å². The number of carbonyl (C=O) groups is 2. The largest absolute Gasteiger partial charge is 0.350 e. The summed E-state index contributed by atoms with van der Waals surface area (Å²) in [7, 11) is 0. The molecule has 1 heterocycles. The standard InChI is InChI=1S/C23H15Cl2FN2O2/c1-13-6-11-16(12-17(13)25)27-21-20(14-7-9-15(24)10-8-14)22(29)28(23(21)30)19-5-3-2-4-18(19)26/h2-12,27H,1H3. The van der Waals surface area contributed by atoms with Gasteiger partial charge in [-0.25, -0.2) is 9.29 Å². The average molecular weight is 441 g/mol. The van der Waals surface area contributed by atoms with E-state index in [0.29, 0.717) is 21.3 Å². The molecule has 0 unspecified atom stereocenters. The fourth-order valence-corrected chi connectivity index (χ4v) is 3.50. The second-order valence-electron chi connectivity index (χ2n) is 6.74. The van der Waals surface area contributed by atoms with Crippen LogP contribution in [-0.2, 0) is 9.59 Å². The molecule has 0 radical (unpaired) electrons. The van der Waals surface area contributed by atoms with E-state index in [1.54, 1.807) is 48.5 Å². The van der Waals surface area contributed by atoms with Crippen molar-refractivity contribution >= 4 is 52.0 Å². The number of carbonyl (C=O) groups excluding carboxylic acids is 2. The van der Waals surface area contributed by atoms with Gasteiger partial charge in [-0.2, -0.15) is 0 Å². The molecule has 1 aliphatic rings. The second kappa shape index (κ2) is 7.94. The monoisotopic (exact) mass is 440 g/mol. The van der Waals surface area contributed by atoms with E-state index in [1.807, 2.05) is 6.92 Å². The van der Waals surface area contributed by atoms with Crippen molar-refractivity contribution in [3.63, 3.8) is 0 Å². The smallest absolute Gasteiger partial charge is 0.282 e. The molecule has 4 rings (SSSR count). The molecule has 0 atom stereocenters. The summed E-state index contributed by atoms with van der Waals surface area (Å²) in [5.41, 5.74) is 1.93. The summed E-state index contributed by atoms with van der Waals surface area (Å²) < 4.78 is 14.4. The molecule has 1 aliphatic heterocycles. The van der Waals surface area contributed by atoms with Gasteiger partial charge in [-0.3, -0.25) is 9.59 Å². The number of para-hydroxylation sites is 1. The summed E-state index contributed by atoms with van der Waals surface area (Å²) >= 11 is 12.2. The number of aryl methyl sites for hydroxylation is 1. The fourth-order valence-electron chi connectivity index (χ4n) is 3.20. The summed E-state index contributed by atoms with van der Waals surface area (Å²) in [5.74, 6) is -1.96. The molecule has 4 nitrogen and oxygen atoms in total. The molecule has 0 bridgehead atoms. The molecule has 0 spiro atoms. The van der Waals surface area contributed by atoms with E-state index in [-0.39, 0.29) is 17.0 Å². The highest BCUT2D eigenvalue weighted by Crippen LogP contribution is 2.35. The maximum absolute atomic E-state index is 14.4. The second-order valence-corrected chi connectivity index (χ2v) is 7.59. The van der Waals surface area contributed by atoms with Crippen molar-refractivity contribution in [1.29, 1.82) is 0 Å². The van der Waals surface area contributed by atoms with Gasteiger partial charge in [0, 0.05) is 15.7 Å². The van der Waals surface area contributed by atoms with Gasteiger partial charge >= 0.3 is 0 Å². The van der Waals surface area contributed by atoms with Gasteiger partial charge in [-0.05, 0) is 54.4 Å². The van der Waals surface area contributed by atoms with E-state index in [2.05, 4.69) is 5.32 Å². The van der Waals surface area contributed by atoms with E-state index in [1.165, 1.54) is 18.2 Å². The minimum Gasteiger partial charge on any atom is -0.350 e. The van der Waals surface area contributed by atoms with Gasteiger partial charge in [0.1, 0.15) is 11.5 Å². The maximum atomic E-state index is 14.4. The fraction of sp³-hybridized carbons (Fsp3) is 0.0435. The van der Waals surface area contributed by atoms with E-state index in [9.17, 15) is 14.0 Å². The first kappa shape index (κ1) is 20.1. The number of benzene rings is 3. The number of anilines is 2. The van der Waals surface area contributed by atoms with Crippen LogP contribution in [-0.4, -0.2) is 11.8 Å². The van der Waals surface area contributed by atoms with Crippen molar-refractivity contribution in [2.24, 2.45) is 0 Å². The normalized spacial score (nSPS) is 13.9. The molecule has 0 saturated heterocycles. The van der Waals surface area contributed by atoms with Gasteiger partial charge in [0.15, 0.2) is 0 Å². The number of nitrogens with zero attached hydrogens (tertiary/aromatic N) is 1. The van der Waals surface area contributed by atoms with Crippen molar-refractivity contribution in [1.82, 2.24) is 0 Å². The van der Waals surface area contributed by atoms with E-state index in [4.69, 9.17) is 23.2 Å². The quantitative estimate of drug-likeness (QED) is 0.518. The average Bonchev–Trinajstić information content (AvgIpc) is 2.96. The minimum absolute atomic E-state index is 0.0329. The molecule has 3 aromatic carbocycles. The van der Waals surface area contributed by atoms with E-state index < -0.39 is 17.6 Å². The molecule has 30 heavy (non-hydrogen) atoms. The Hall–Kier alpha value is -3.15. The predicted molar refractivity (Wildman–Crippen MR) is 117 cm³/mol. The lowest BCUT2D eigenvalue weighted by Gasteiger charge is -2.16. The van der Waals surface area contributed by atoms with Crippen LogP contribution in [0.15, 0.2) is 72.4 Å². The third kappa shape index (κ3) is 3.58. The molecule has 7 heteroatoms. The Balaban J connectivity index is 1.84. The molecule has 0 fully saturated rings. The van der Waals surface area contributed by atoms with Crippen LogP contribution < -0.4 is 10.2 Å². The molecule has 0 aromatic heterocycles. The Morgan fingerprint density at radius 3 is 2.27 bits per heavy atom. The topological polar surface area (TPSA) is 49.4 Å². The molecule has 0 saturated carbocycles. The lowest BCUT2D eigenvalue weighted by Crippen LogP contribution is -2.33. The van der Waals surface area contributed by atoms with Crippen molar-refractivity contribution in [3.8, 4) is 0 Å². The Morgan fingerprint density at radius 1 is 0.900 bits per heavy atom. The number of nitrogens with one attached hydrogen (secondary N) is 1. The first-order valence-electron chi connectivity index (χ1n) is 9.03. The molecule has 0 aliphatic carbocycles. The summed E-state index contributed by atoms with van der Waals surface area (Å²) in [6.45, 7) is 1.86. The number of hydrogen-bond donors (Lipinski definition) is 1. The zero-order valence-corrected chi connectivity index (χ0v) is 17.3. The van der Waals surface area contributed by atoms with Gasteiger partial charge in [0.2, 0.25) is 0 Å². The van der Waals surface area contributed by atoms with E-state index >= 15 is 0 Å². The number of rotatable bonds is 4. The summed E-state index contributed by atoms with van der Waals surface area (Å²) in [6.07, 6.45) is 0. The molecule has 3 aromatic rings. The van der Waals surface area contributed by atoms with Gasteiger partial charge in [0.25, 0.3) is 11.8 Å². The van der Waals surface area contributed by atoms with Crippen LogP contribution in [0, 0.1) is 12.7 Å². The van der Waals surface area contributed by atoms with Crippen LogP contribution in [0.3, 0.4) is 0 Å². The zero-order valence-electron chi connectivity index (χ0n) is 15.7. The van der Waals surface area contributed by atoms with Gasteiger partial charge in [-0.15, -0.1) is 0 Å². The number of halogens is 3. The Morgan fingerprint density at radius 2 is 1.60 bits per heavy atom.